The van der Waals surface area contributed by atoms with Gasteiger partial charge in [-0.15, -0.1) is 0 Å². The smallest absolute Gasteiger partial charge is 0.227 e. The molecule has 5 heteroatoms. The second-order valence-electron chi connectivity index (χ2n) is 7.73. The van der Waals surface area contributed by atoms with Crippen LogP contribution in [-0.4, -0.2) is 46.5 Å². The van der Waals surface area contributed by atoms with E-state index in [4.69, 9.17) is 4.52 Å². The van der Waals surface area contributed by atoms with Crippen molar-refractivity contribution in [2.75, 3.05) is 19.6 Å². The van der Waals surface area contributed by atoms with Crippen LogP contribution in [0.2, 0.25) is 0 Å². The van der Waals surface area contributed by atoms with Gasteiger partial charge in [-0.3, -0.25) is 9.69 Å². The Kier molecular flexibility index (Phi) is 5.12. The molecule has 5 nitrogen and oxygen atoms in total. The van der Waals surface area contributed by atoms with E-state index in [1.165, 1.54) is 5.56 Å². The molecule has 142 valence electrons. The van der Waals surface area contributed by atoms with Gasteiger partial charge in [-0.2, -0.15) is 0 Å². The van der Waals surface area contributed by atoms with E-state index in [-0.39, 0.29) is 12.0 Å². The predicted molar refractivity (Wildman–Crippen MR) is 105 cm³/mol. The number of hydrogen-bond acceptors (Lipinski definition) is 4. The largest absolute Gasteiger partial charge is 0.361 e. The van der Waals surface area contributed by atoms with E-state index in [1.54, 1.807) is 0 Å². The Hall–Kier alpha value is -2.40. The Morgan fingerprint density at radius 2 is 2.00 bits per heavy atom. The zero-order chi connectivity index (χ0) is 18.8. The van der Waals surface area contributed by atoms with Gasteiger partial charge in [-0.1, -0.05) is 47.6 Å². The predicted octanol–water partition coefficient (Wildman–Crippen LogP) is 3.43. The second kappa shape index (κ2) is 7.69. The number of carbonyl (C=O) groups is 1. The molecule has 3 saturated heterocycles. The minimum Gasteiger partial charge on any atom is -0.361 e. The highest BCUT2D eigenvalue weighted by Gasteiger charge is 2.40. The van der Waals surface area contributed by atoms with Crippen molar-refractivity contribution in [1.82, 2.24) is 15.0 Å². The van der Waals surface area contributed by atoms with Gasteiger partial charge < -0.3 is 9.42 Å². The summed E-state index contributed by atoms with van der Waals surface area (Å²) in [6.45, 7) is 7.17. The molecule has 2 atom stereocenters. The van der Waals surface area contributed by atoms with Crippen molar-refractivity contribution in [2.45, 2.75) is 39.3 Å². The summed E-state index contributed by atoms with van der Waals surface area (Å²) in [5, 5.41) is 4.04. The number of hydrogen-bond donors (Lipinski definition) is 0. The monoisotopic (exact) mass is 365 g/mol. The number of amides is 1. The number of fused-ring (bicyclic) bond motifs is 4. The molecular formula is C22H27N3O2. The van der Waals surface area contributed by atoms with Gasteiger partial charge in [-0.25, -0.2) is 0 Å². The van der Waals surface area contributed by atoms with Gasteiger partial charge in [0.25, 0.3) is 0 Å². The number of piperidine rings is 1. The summed E-state index contributed by atoms with van der Waals surface area (Å²) in [6.07, 6.45) is 6.46. The lowest BCUT2D eigenvalue weighted by Gasteiger charge is -2.36. The van der Waals surface area contributed by atoms with Crippen LogP contribution in [0.4, 0.5) is 0 Å². The van der Waals surface area contributed by atoms with E-state index >= 15 is 0 Å². The molecule has 0 unspecified atom stereocenters. The van der Waals surface area contributed by atoms with Crippen LogP contribution in [0, 0.1) is 19.8 Å². The fourth-order valence-electron chi connectivity index (χ4n) is 4.29. The molecule has 3 aliphatic rings. The molecule has 1 aromatic carbocycles. The lowest BCUT2D eigenvalue weighted by Crippen LogP contribution is -2.47. The molecule has 2 bridgehead atoms. The third kappa shape index (κ3) is 3.83. The normalized spacial score (nSPS) is 23.3. The summed E-state index contributed by atoms with van der Waals surface area (Å²) in [5.41, 5.74) is 3.17. The van der Waals surface area contributed by atoms with Crippen LogP contribution >= 0.6 is 0 Å². The van der Waals surface area contributed by atoms with Crippen molar-refractivity contribution in [3.05, 3.63) is 59.0 Å². The van der Waals surface area contributed by atoms with Crippen LogP contribution in [0.25, 0.3) is 6.08 Å². The zero-order valence-corrected chi connectivity index (χ0v) is 16.1. The number of rotatable bonds is 5. The van der Waals surface area contributed by atoms with Crippen LogP contribution in [0.15, 0.2) is 40.9 Å². The van der Waals surface area contributed by atoms with Crippen molar-refractivity contribution < 1.29 is 9.32 Å². The summed E-state index contributed by atoms with van der Waals surface area (Å²) in [5.74, 6) is 1.22. The maximum atomic E-state index is 13.0. The number of aromatic nitrogens is 1. The van der Waals surface area contributed by atoms with Gasteiger partial charge in [0, 0.05) is 31.2 Å². The molecule has 5 rings (SSSR count). The second-order valence-corrected chi connectivity index (χ2v) is 7.73. The number of benzene rings is 1. The fraction of sp³-hybridized carbons (Fsp3) is 0.455. The van der Waals surface area contributed by atoms with Crippen molar-refractivity contribution in [3.8, 4) is 0 Å². The number of nitrogens with zero attached hydrogens (tertiary/aromatic N) is 3. The summed E-state index contributed by atoms with van der Waals surface area (Å²) in [6, 6.07) is 10.6. The van der Waals surface area contributed by atoms with Gasteiger partial charge in [0.05, 0.1) is 18.2 Å². The molecule has 0 N–H and O–H groups in total. The maximum Gasteiger partial charge on any atom is 0.227 e. The lowest BCUT2D eigenvalue weighted by molar-refractivity contribution is -0.140. The first-order valence-electron chi connectivity index (χ1n) is 9.78. The zero-order valence-electron chi connectivity index (χ0n) is 16.1. The lowest BCUT2D eigenvalue weighted by atomic mass is 9.93. The molecule has 0 aliphatic carbocycles. The van der Waals surface area contributed by atoms with Gasteiger partial charge in [-0.05, 0) is 32.3 Å². The van der Waals surface area contributed by atoms with Crippen molar-refractivity contribution in [3.63, 3.8) is 0 Å². The van der Waals surface area contributed by atoms with Crippen LogP contribution < -0.4 is 0 Å². The highest BCUT2D eigenvalue weighted by molar-refractivity contribution is 5.80. The summed E-state index contributed by atoms with van der Waals surface area (Å²) in [4.78, 5) is 17.5. The third-order valence-corrected chi connectivity index (χ3v) is 5.85. The topological polar surface area (TPSA) is 49.6 Å². The van der Waals surface area contributed by atoms with E-state index in [1.807, 2.05) is 19.9 Å². The average molecular weight is 365 g/mol. The van der Waals surface area contributed by atoms with Crippen LogP contribution in [0.5, 0.6) is 0 Å². The summed E-state index contributed by atoms with van der Waals surface area (Å²) < 4.78 is 5.29. The first kappa shape index (κ1) is 18.0. The Labute approximate surface area is 160 Å². The molecule has 2 aromatic rings. The van der Waals surface area contributed by atoms with Crippen molar-refractivity contribution in [1.29, 1.82) is 0 Å². The van der Waals surface area contributed by atoms with Gasteiger partial charge in [0.2, 0.25) is 5.91 Å². The average Bonchev–Trinajstić information content (AvgIpc) is 2.84. The molecular weight excluding hydrogens is 338 g/mol. The van der Waals surface area contributed by atoms with E-state index in [2.05, 4.69) is 51.4 Å². The van der Waals surface area contributed by atoms with E-state index in [0.717, 1.165) is 49.5 Å². The molecule has 3 fully saturated rings. The molecule has 1 amide bonds. The molecule has 0 spiro atoms. The molecule has 0 saturated carbocycles. The van der Waals surface area contributed by atoms with Crippen molar-refractivity contribution in [2.24, 2.45) is 5.92 Å². The highest BCUT2D eigenvalue weighted by Crippen LogP contribution is 2.31. The van der Waals surface area contributed by atoms with Gasteiger partial charge >= 0.3 is 0 Å². The van der Waals surface area contributed by atoms with E-state index in [9.17, 15) is 4.79 Å². The molecule has 1 aromatic heterocycles. The van der Waals surface area contributed by atoms with Crippen molar-refractivity contribution >= 4 is 12.0 Å². The SMILES string of the molecule is Cc1noc(C)c1CN1C(=O)[C@@H]2CC[C@H]1CN(C/C=C/c1ccccc1)C2. The quantitative estimate of drug-likeness (QED) is 0.815. The number of aryl methyl sites for hydroxylation is 2. The maximum absolute atomic E-state index is 13.0. The molecule has 3 aliphatic heterocycles. The first-order chi connectivity index (χ1) is 13.1. The first-order valence-corrected chi connectivity index (χ1v) is 9.78. The highest BCUT2D eigenvalue weighted by atomic mass is 16.5. The van der Waals surface area contributed by atoms with Gasteiger partial charge in [0.15, 0.2) is 0 Å². The van der Waals surface area contributed by atoms with Crippen LogP contribution in [0.1, 0.15) is 35.4 Å². The molecule has 4 heterocycles. The Bertz CT molecular complexity index is 808. The van der Waals surface area contributed by atoms with E-state index < -0.39 is 0 Å². The minimum absolute atomic E-state index is 0.106. The Balaban J connectivity index is 1.45. The Morgan fingerprint density at radius 1 is 1.19 bits per heavy atom. The van der Waals surface area contributed by atoms with E-state index in [0.29, 0.717) is 12.5 Å². The minimum atomic E-state index is 0.106. The van der Waals surface area contributed by atoms with Gasteiger partial charge in [0.1, 0.15) is 5.76 Å². The Morgan fingerprint density at radius 3 is 2.74 bits per heavy atom. The third-order valence-electron chi connectivity index (χ3n) is 5.85. The summed E-state index contributed by atoms with van der Waals surface area (Å²) >= 11 is 0. The molecule has 27 heavy (non-hydrogen) atoms. The van der Waals surface area contributed by atoms with Crippen LogP contribution in [-0.2, 0) is 11.3 Å². The standard InChI is InChI=1S/C22H27N3O2/c1-16-21(17(2)27-23-16)15-25-20-11-10-19(22(25)26)13-24(14-20)12-6-9-18-7-4-3-5-8-18/h3-9,19-20H,10-15H2,1-2H3/b9-6+/t19-,20+/m1/s1. The molecule has 0 radical (unpaired) electrons. The summed E-state index contributed by atoms with van der Waals surface area (Å²) in [7, 11) is 0. The fourth-order valence-corrected chi connectivity index (χ4v) is 4.29. The van der Waals surface area contributed by atoms with Crippen LogP contribution in [0.3, 0.4) is 0 Å². The number of carbonyl (C=O) groups excluding carboxylic acids is 1.